The summed E-state index contributed by atoms with van der Waals surface area (Å²) in [5.74, 6) is 2.03. The first-order valence-corrected chi connectivity index (χ1v) is 12.4. The van der Waals surface area contributed by atoms with Crippen molar-refractivity contribution in [2.75, 3.05) is 31.2 Å². The maximum absolute atomic E-state index is 13.7. The van der Waals surface area contributed by atoms with E-state index in [4.69, 9.17) is 13.9 Å². The van der Waals surface area contributed by atoms with Gasteiger partial charge in [-0.15, -0.1) is 0 Å². The molecule has 1 saturated heterocycles. The summed E-state index contributed by atoms with van der Waals surface area (Å²) in [5, 5.41) is -0.0541. The number of sulfone groups is 1. The Balaban J connectivity index is 1.64. The van der Waals surface area contributed by atoms with Gasteiger partial charge in [-0.25, -0.2) is 8.42 Å². The fraction of sp³-hybridized carbons (Fsp3) is 0.375. The number of benzene rings is 2. The quantitative estimate of drug-likeness (QED) is 0.574. The van der Waals surface area contributed by atoms with E-state index in [-0.39, 0.29) is 9.92 Å². The third-order valence-electron chi connectivity index (χ3n) is 5.98. The molecule has 3 aromatic rings. The van der Waals surface area contributed by atoms with Gasteiger partial charge < -0.3 is 18.8 Å². The predicted molar refractivity (Wildman–Crippen MR) is 120 cm³/mol. The summed E-state index contributed by atoms with van der Waals surface area (Å²) < 4.78 is 44.8. The van der Waals surface area contributed by atoms with Crippen molar-refractivity contribution in [2.24, 2.45) is 5.92 Å². The molecule has 3 heterocycles. The number of ether oxygens (including phenoxy) is 2. The molecule has 0 amide bonds. The normalized spacial score (nSPS) is 18.6. The Bertz CT molecular complexity index is 1250. The minimum Gasteiger partial charge on any atom is -0.486 e. The lowest BCUT2D eigenvalue weighted by atomic mass is 10.0. The van der Waals surface area contributed by atoms with Gasteiger partial charge in [0.25, 0.3) is 0 Å². The number of aromatic nitrogens is 1. The van der Waals surface area contributed by atoms with E-state index >= 15 is 0 Å². The molecule has 0 spiro atoms. The highest BCUT2D eigenvalue weighted by molar-refractivity contribution is 7.91. The Morgan fingerprint density at radius 1 is 1.06 bits per heavy atom. The summed E-state index contributed by atoms with van der Waals surface area (Å²) in [6.45, 7) is 6.41. The molecule has 32 heavy (non-hydrogen) atoms. The van der Waals surface area contributed by atoms with Gasteiger partial charge in [-0.3, -0.25) is 0 Å². The number of piperidine rings is 1. The zero-order chi connectivity index (χ0) is 22.3. The van der Waals surface area contributed by atoms with Gasteiger partial charge in [0.15, 0.2) is 11.5 Å². The second-order valence-corrected chi connectivity index (χ2v) is 10.3. The topological polar surface area (TPSA) is 81.9 Å². The lowest BCUT2D eigenvalue weighted by Crippen LogP contribution is -2.34. The molecule has 0 bridgehead atoms. The number of aryl methyl sites for hydroxylation is 1. The standard InChI is InChI=1S/C24H26N2O5S/c1-16-6-5-11-26(15-16)24-23(25-22(31-24)19-8-4-3-7-17(19)2)32(27,28)18-9-10-20-21(14-18)30-13-12-29-20/h3-4,7-10,14,16H,5-6,11-13,15H2,1-2H3. The highest BCUT2D eigenvalue weighted by atomic mass is 32.2. The van der Waals surface area contributed by atoms with Crippen LogP contribution in [0.2, 0.25) is 0 Å². The zero-order valence-electron chi connectivity index (χ0n) is 18.2. The van der Waals surface area contributed by atoms with E-state index in [0.717, 1.165) is 37.1 Å². The van der Waals surface area contributed by atoms with Crippen LogP contribution in [0.4, 0.5) is 5.88 Å². The van der Waals surface area contributed by atoms with E-state index in [1.54, 1.807) is 6.07 Å². The van der Waals surface area contributed by atoms with Gasteiger partial charge in [-0.2, -0.15) is 4.98 Å². The molecule has 0 aliphatic carbocycles. The maximum Gasteiger partial charge on any atom is 0.236 e. The Labute approximate surface area is 187 Å². The molecule has 2 aliphatic heterocycles. The van der Waals surface area contributed by atoms with Crippen LogP contribution in [0, 0.1) is 12.8 Å². The monoisotopic (exact) mass is 454 g/mol. The van der Waals surface area contributed by atoms with Crippen LogP contribution in [0.3, 0.4) is 0 Å². The Kier molecular flexibility index (Phi) is 5.33. The number of oxazole rings is 1. The van der Waals surface area contributed by atoms with Crippen molar-refractivity contribution in [3.8, 4) is 23.0 Å². The first-order chi connectivity index (χ1) is 15.4. The number of rotatable bonds is 4. The summed E-state index contributed by atoms with van der Waals surface area (Å²) >= 11 is 0. The molecule has 0 radical (unpaired) electrons. The molecule has 8 heteroatoms. The number of hydrogen-bond donors (Lipinski definition) is 0. The zero-order valence-corrected chi connectivity index (χ0v) is 19.0. The Morgan fingerprint density at radius 2 is 1.84 bits per heavy atom. The molecule has 1 unspecified atom stereocenters. The van der Waals surface area contributed by atoms with Gasteiger partial charge in [-0.1, -0.05) is 25.1 Å². The first kappa shape index (κ1) is 20.9. The van der Waals surface area contributed by atoms with Crippen molar-refractivity contribution >= 4 is 15.7 Å². The van der Waals surface area contributed by atoms with Gasteiger partial charge in [0.2, 0.25) is 26.6 Å². The SMILES string of the molecule is Cc1ccccc1-c1nc(S(=O)(=O)c2ccc3c(c2)OCCO3)c(N2CCCC(C)C2)o1. The highest BCUT2D eigenvalue weighted by Crippen LogP contribution is 2.39. The van der Waals surface area contributed by atoms with Gasteiger partial charge in [0, 0.05) is 24.7 Å². The van der Waals surface area contributed by atoms with E-state index in [9.17, 15) is 8.42 Å². The predicted octanol–water partition coefficient (Wildman–Crippen LogP) is 4.49. The van der Waals surface area contributed by atoms with Crippen LogP contribution in [0.25, 0.3) is 11.5 Å². The minimum atomic E-state index is -3.95. The minimum absolute atomic E-state index is 0.0541. The van der Waals surface area contributed by atoms with Crippen molar-refractivity contribution in [2.45, 2.75) is 36.6 Å². The largest absolute Gasteiger partial charge is 0.486 e. The molecule has 1 fully saturated rings. The average molecular weight is 455 g/mol. The van der Waals surface area contributed by atoms with Gasteiger partial charge in [0.05, 0.1) is 4.90 Å². The summed E-state index contributed by atoms with van der Waals surface area (Å²) in [5.41, 5.74) is 1.75. The smallest absolute Gasteiger partial charge is 0.236 e. The third kappa shape index (κ3) is 3.72. The number of nitrogens with zero attached hydrogens (tertiary/aromatic N) is 2. The Morgan fingerprint density at radius 3 is 2.62 bits per heavy atom. The van der Waals surface area contributed by atoms with Crippen molar-refractivity contribution in [3.05, 3.63) is 48.0 Å². The molecule has 168 valence electrons. The summed E-state index contributed by atoms with van der Waals surface area (Å²) in [7, 11) is -3.95. The van der Waals surface area contributed by atoms with Crippen LogP contribution in [-0.4, -0.2) is 39.7 Å². The third-order valence-corrected chi connectivity index (χ3v) is 7.63. The number of fused-ring (bicyclic) bond motifs is 1. The van der Waals surface area contributed by atoms with Crippen LogP contribution >= 0.6 is 0 Å². The van der Waals surface area contributed by atoms with Crippen LogP contribution in [0.15, 0.2) is 56.8 Å². The van der Waals surface area contributed by atoms with E-state index in [1.165, 1.54) is 12.1 Å². The van der Waals surface area contributed by atoms with E-state index in [1.807, 2.05) is 36.1 Å². The van der Waals surface area contributed by atoms with E-state index in [0.29, 0.717) is 42.4 Å². The molecule has 1 atom stereocenters. The van der Waals surface area contributed by atoms with Crippen molar-refractivity contribution < 1.29 is 22.3 Å². The fourth-order valence-corrected chi connectivity index (χ4v) is 5.61. The van der Waals surface area contributed by atoms with Gasteiger partial charge in [-0.05, 0) is 49.4 Å². The molecule has 0 N–H and O–H groups in total. The maximum atomic E-state index is 13.7. The second-order valence-electron chi connectivity index (χ2n) is 8.45. The van der Waals surface area contributed by atoms with Crippen LogP contribution < -0.4 is 14.4 Å². The van der Waals surface area contributed by atoms with Crippen molar-refractivity contribution in [3.63, 3.8) is 0 Å². The molecule has 7 nitrogen and oxygen atoms in total. The number of hydrogen-bond acceptors (Lipinski definition) is 7. The molecule has 1 aromatic heterocycles. The summed E-state index contributed by atoms with van der Waals surface area (Å²) in [4.78, 5) is 6.65. The van der Waals surface area contributed by atoms with Crippen LogP contribution in [0.5, 0.6) is 11.5 Å². The van der Waals surface area contributed by atoms with E-state index in [2.05, 4.69) is 11.9 Å². The molecule has 2 aliphatic rings. The lowest BCUT2D eigenvalue weighted by molar-refractivity contribution is 0.171. The van der Waals surface area contributed by atoms with Gasteiger partial charge in [0.1, 0.15) is 13.2 Å². The van der Waals surface area contributed by atoms with Crippen LogP contribution in [0.1, 0.15) is 25.3 Å². The summed E-state index contributed by atoms with van der Waals surface area (Å²) in [6, 6.07) is 12.3. The van der Waals surface area contributed by atoms with E-state index < -0.39 is 9.84 Å². The lowest BCUT2D eigenvalue weighted by Gasteiger charge is -2.30. The van der Waals surface area contributed by atoms with Gasteiger partial charge >= 0.3 is 0 Å². The highest BCUT2D eigenvalue weighted by Gasteiger charge is 2.34. The molecule has 2 aromatic carbocycles. The van der Waals surface area contributed by atoms with Crippen molar-refractivity contribution in [1.29, 1.82) is 0 Å². The number of anilines is 1. The van der Waals surface area contributed by atoms with Crippen molar-refractivity contribution in [1.82, 2.24) is 4.98 Å². The average Bonchev–Trinajstić information content (AvgIpc) is 3.25. The fourth-order valence-electron chi connectivity index (χ4n) is 4.28. The molecule has 5 rings (SSSR count). The first-order valence-electron chi connectivity index (χ1n) is 10.9. The van der Waals surface area contributed by atoms with Crippen LogP contribution in [-0.2, 0) is 9.84 Å². The summed E-state index contributed by atoms with van der Waals surface area (Å²) in [6.07, 6.45) is 2.09. The Hall–Kier alpha value is -3.00. The molecule has 0 saturated carbocycles. The second kappa shape index (κ2) is 8.16. The molecular weight excluding hydrogens is 428 g/mol. The molecular formula is C24H26N2O5S.